The van der Waals surface area contributed by atoms with Crippen molar-refractivity contribution in [2.45, 2.75) is 53.5 Å². The summed E-state index contributed by atoms with van der Waals surface area (Å²) in [6, 6.07) is 1.86. The Morgan fingerprint density at radius 1 is 1.43 bits per heavy atom. The second-order valence-electron chi connectivity index (χ2n) is 5.65. The molecule has 0 atom stereocenters. The van der Waals surface area contributed by atoms with E-state index in [-0.39, 0.29) is 40.8 Å². The number of hydrogen-bond acceptors (Lipinski definition) is 4. The van der Waals surface area contributed by atoms with Gasteiger partial charge in [-0.1, -0.05) is 27.2 Å². The minimum absolute atomic E-state index is 0.0618. The zero-order valence-electron chi connectivity index (χ0n) is 13.1. The molecule has 1 rings (SSSR count). The fourth-order valence-corrected chi connectivity index (χ4v) is 2.28. The van der Waals surface area contributed by atoms with Gasteiger partial charge in [-0.05, 0) is 24.8 Å². The maximum Gasteiger partial charge on any atom is 0.271 e. The molecule has 0 aliphatic heterocycles. The van der Waals surface area contributed by atoms with E-state index in [1.807, 2.05) is 26.8 Å². The van der Waals surface area contributed by atoms with Gasteiger partial charge >= 0.3 is 0 Å². The standard InChI is InChI=1S/C16H22N2O3/c1-5-6-7-13(19)14-11(4)12(8-17)15(20)18(16(14)21)9-10(2)3/h10,21H,5-7,9H2,1-4H3. The Kier molecular flexibility index (Phi) is 5.71. The molecule has 1 N–H and O–H groups in total. The first-order valence-corrected chi connectivity index (χ1v) is 7.24. The molecular weight excluding hydrogens is 268 g/mol. The molecule has 1 aromatic heterocycles. The lowest BCUT2D eigenvalue weighted by molar-refractivity contribution is 0.0974. The molecule has 0 fully saturated rings. The predicted octanol–water partition coefficient (Wildman–Crippen LogP) is 2.76. The van der Waals surface area contributed by atoms with Crippen molar-refractivity contribution < 1.29 is 9.90 Å². The van der Waals surface area contributed by atoms with Gasteiger partial charge in [-0.3, -0.25) is 14.2 Å². The number of pyridine rings is 1. The number of rotatable bonds is 6. The van der Waals surface area contributed by atoms with Crippen molar-refractivity contribution in [1.82, 2.24) is 4.57 Å². The lowest BCUT2D eigenvalue weighted by Crippen LogP contribution is -2.28. The quantitative estimate of drug-likeness (QED) is 0.816. The highest BCUT2D eigenvalue weighted by Crippen LogP contribution is 2.24. The Morgan fingerprint density at radius 2 is 2.05 bits per heavy atom. The molecule has 0 aromatic carbocycles. The summed E-state index contributed by atoms with van der Waals surface area (Å²) >= 11 is 0. The molecule has 0 aliphatic carbocycles. The van der Waals surface area contributed by atoms with E-state index >= 15 is 0 Å². The Hall–Kier alpha value is -2.09. The van der Waals surface area contributed by atoms with Crippen LogP contribution in [0, 0.1) is 24.2 Å². The fourth-order valence-electron chi connectivity index (χ4n) is 2.28. The van der Waals surface area contributed by atoms with Crippen LogP contribution in [-0.4, -0.2) is 15.5 Å². The third-order valence-electron chi connectivity index (χ3n) is 3.38. The summed E-state index contributed by atoms with van der Waals surface area (Å²) in [7, 11) is 0. The number of hydrogen-bond donors (Lipinski definition) is 1. The Morgan fingerprint density at radius 3 is 2.52 bits per heavy atom. The van der Waals surface area contributed by atoms with Crippen LogP contribution >= 0.6 is 0 Å². The minimum atomic E-state index is -0.534. The molecule has 0 saturated carbocycles. The highest BCUT2D eigenvalue weighted by Gasteiger charge is 2.23. The largest absolute Gasteiger partial charge is 0.494 e. The first-order chi connectivity index (χ1) is 9.84. The first-order valence-electron chi connectivity index (χ1n) is 7.24. The van der Waals surface area contributed by atoms with Crippen molar-refractivity contribution in [2.75, 3.05) is 0 Å². The maximum absolute atomic E-state index is 12.3. The van der Waals surface area contributed by atoms with Gasteiger partial charge in [-0.15, -0.1) is 0 Å². The average Bonchev–Trinajstić information content (AvgIpc) is 2.41. The molecule has 0 spiro atoms. The molecule has 0 bridgehead atoms. The highest BCUT2D eigenvalue weighted by atomic mass is 16.3. The number of unbranched alkanes of at least 4 members (excludes halogenated alkanes) is 1. The van der Waals surface area contributed by atoms with Crippen molar-refractivity contribution in [3.8, 4) is 11.9 Å². The van der Waals surface area contributed by atoms with Crippen LogP contribution in [0.4, 0.5) is 0 Å². The zero-order valence-corrected chi connectivity index (χ0v) is 13.1. The van der Waals surface area contributed by atoms with Crippen LogP contribution in [0.15, 0.2) is 4.79 Å². The molecule has 1 aromatic rings. The second-order valence-corrected chi connectivity index (χ2v) is 5.65. The molecule has 0 amide bonds. The van der Waals surface area contributed by atoms with Gasteiger partial charge in [0.15, 0.2) is 5.78 Å². The van der Waals surface area contributed by atoms with Crippen LogP contribution in [0.3, 0.4) is 0 Å². The van der Waals surface area contributed by atoms with E-state index in [1.165, 1.54) is 0 Å². The van der Waals surface area contributed by atoms with Gasteiger partial charge in [0.25, 0.3) is 5.56 Å². The third kappa shape index (κ3) is 3.52. The van der Waals surface area contributed by atoms with Crippen LogP contribution in [0.5, 0.6) is 5.88 Å². The number of carbonyl (C=O) groups is 1. The predicted molar refractivity (Wildman–Crippen MR) is 80.5 cm³/mol. The highest BCUT2D eigenvalue weighted by molar-refractivity contribution is 5.99. The SMILES string of the molecule is CCCCC(=O)c1c(C)c(C#N)c(=O)n(CC(C)C)c1O. The van der Waals surface area contributed by atoms with E-state index < -0.39 is 5.56 Å². The molecule has 0 unspecified atom stereocenters. The molecule has 21 heavy (non-hydrogen) atoms. The first kappa shape index (κ1) is 17.0. The second kappa shape index (κ2) is 7.07. The van der Waals surface area contributed by atoms with Gasteiger partial charge in [0.05, 0.1) is 5.56 Å². The third-order valence-corrected chi connectivity index (χ3v) is 3.38. The van der Waals surface area contributed by atoms with Crippen molar-refractivity contribution in [3.05, 3.63) is 27.0 Å². The van der Waals surface area contributed by atoms with E-state index in [0.717, 1.165) is 11.0 Å². The minimum Gasteiger partial charge on any atom is -0.494 e. The summed E-state index contributed by atoms with van der Waals surface area (Å²) in [5.41, 5.74) is -0.206. The van der Waals surface area contributed by atoms with Crippen molar-refractivity contribution >= 4 is 5.78 Å². The number of nitriles is 1. The average molecular weight is 290 g/mol. The summed E-state index contributed by atoms with van der Waals surface area (Å²) < 4.78 is 1.13. The summed E-state index contributed by atoms with van der Waals surface area (Å²) in [5.74, 6) is -0.423. The lowest BCUT2D eigenvalue weighted by Gasteiger charge is -2.16. The smallest absolute Gasteiger partial charge is 0.271 e. The molecule has 5 heteroatoms. The summed E-state index contributed by atoms with van der Waals surface area (Å²) in [4.78, 5) is 24.5. The number of ketones is 1. The molecule has 1 heterocycles. The summed E-state index contributed by atoms with van der Waals surface area (Å²) in [6.07, 6.45) is 1.88. The van der Waals surface area contributed by atoms with Crippen LogP contribution < -0.4 is 5.56 Å². The lowest BCUT2D eigenvalue weighted by atomic mass is 9.98. The van der Waals surface area contributed by atoms with E-state index in [1.54, 1.807) is 6.92 Å². The molecular formula is C16H22N2O3. The number of nitrogens with zero attached hydrogens (tertiary/aromatic N) is 2. The number of aromatic hydroxyl groups is 1. The van der Waals surface area contributed by atoms with Gasteiger partial charge in [0.1, 0.15) is 11.6 Å². The molecule has 114 valence electrons. The van der Waals surface area contributed by atoms with Crippen LogP contribution in [0.25, 0.3) is 0 Å². The van der Waals surface area contributed by atoms with E-state index in [2.05, 4.69) is 0 Å². The van der Waals surface area contributed by atoms with E-state index in [0.29, 0.717) is 12.8 Å². The number of aromatic nitrogens is 1. The molecule has 0 radical (unpaired) electrons. The molecule has 0 saturated heterocycles. The number of carbonyl (C=O) groups excluding carboxylic acids is 1. The van der Waals surface area contributed by atoms with Gasteiger partial charge < -0.3 is 5.11 Å². The van der Waals surface area contributed by atoms with Gasteiger partial charge in [-0.25, -0.2) is 0 Å². The van der Waals surface area contributed by atoms with Gasteiger partial charge in [0.2, 0.25) is 5.88 Å². The van der Waals surface area contributed by atoms with E-state index in [9.17, 15) is 20.0 Å². The molecule has 0 aliphatic rings. The van der Waals surface area contributed by atoms with Crippen LogP contribution in [0.1, 0.15) is 61.5 Å². The topological polar surface area (TPSA) is 83.1 Å². The van der Waals surface area contributed by atoms with Crippen LogP contribution in [-0.2, 0) is 6.54 Å². The maximum atomic E-state index is 12.3. The van der Waals surface area contributed by atoms with Gasteiger partial charge in [-0.2, -0.15) is 5.26 Å². The zero-order chi connectivity index (χ0) is 16.2. The van der Waals surface area contributed by atoms with Crippen molar-refractivity contribution in [2.24, 2.45) is 5.92 Å². The van der Waals surface area contributed by atoms with E-state index in [4.69, 9.17) is 0 Å². The fraction of sp³-hybridized carbons (Fsp3) is 0.562. The summed E-state index contributed by atoms with van der Waals surface area (Å²) in [6.45, 7) is 7.58. The normalized spacial score (nSPS) is 10.7. The number of Topliss-reactive ketones (excluding diaryl/α,β-unsaturated/α-hetero) is 1. The van der Waals surface area contributed by atoms with Gasteiger partial charge in [0, 0.05) is 13.0 Å². The Labute approximate surface area is 124 Å². The Balaban J connectivity index is 3.53. The van der Waals surface area contributed by atoms with Crippen molar-refractivity contribution in [1.29, 1.82) is 5.26 Å². The van der Waals surface area contributed by atoms with Crippen molar-refractivity contribution in [3.63, 3.8) is 0 Å². The Bertz CT molecular complexity index is 636. The monoisotopic (exact) mass is 290 g/mol. The summed E-state index contributed by atoms with van der Waals surface area (Å²) in [5, 5.41) is 19.5. The molecule has 5 nitrogen and oxygen atoms in total. The van der Waals surface area contributed by atoms with Crippen LogP contribution in [0.2, 0.25) is 0 Å².